The molecular weight excluding hydrogens is 485 g/mol. The Balaban J connectivity index is 1.33. The summed E-state index contributed by atoms with van der Waals surface area (Å²) in [6.45, 7) is 1.66. The first-order valence-corrected chi connectivity index (χ1v) is 12.8. The summed E-state index contributed by atoms with van der Waals surface area (Å²) in [5.74, 6) is -1.76. The number of amides is 2. The van der Waals surface area contributed by atoms with E-state index in [0.717, 1.165) is 30.1 Å². The zero-order valence-electron chi connectivity index (χ0n) is 20.1. The van der Waals surface area contributed by atoms with Crippen LogP contribution in [-0.4, -0.2) is 65.4 Å². The third-order valence-corrected chi connectivity index (χ3v) is 8.04. The van der Waals surface area contributed by atoms with Gasteiger partial charge in [-0.3, -0.25) is 14.4 Å². The number of carbonyl (C=O) groups excluding carboxylic acids is 3. The number of aromatic amines is 1. The van der Waals surface area contributed by atoms with Crippen LogP contribution in [0.4, 0.5) is 4.39 Å². The number of halogens is 1. The molecule has 3 N–H and O–H groups in total. The van der Waals surface area contributed by atoms with Gasteiger partial charge in [-0.15, -0.1) is 11.3 Å². The summed E-state index contributed by atoms with van der Waals surface area (Å²) >= 11 is 1.38. The van der Waals surface area contributed by atoms with Gasteiger partial charge in [0.2, 0.25) is 0 Å². The van der Waals surface area contributed by atoms with Crippen molar-refractivity contribution in [3.05, 3.63) is 51.4 Å². The second-order valence-corrected chi connectivity index (χ2v) is 10.6. The maximum Gasteiger partial charge on any atom is 0.308 e. The lowest BCUT2D eigenvalue weighted by atomic mass is 9.82. The molecule has 3 heterocycles. The molecule has 0 spiro atoms. The van der Waals surface area contributed by atoms with Gasteiger partial charge in [-0.05, 0) is 50.6 Å². The van der Waals surface area contributed by atoms with Gasteiger partial charge in [-0.1, -0.05) is 0 Å². The van der Waals surface area contributed by atoms with E-state index < -0.39 is 12.1 Å². The van der Waals surface area contributed by atoms with Crippen molar-refractivity contribution in [2.45, 2.75) is 44.3 Å². The van der Waals surface area contributed by atoms with Crippen molar-refractivity contribution in [3.63, 3.8) is 0 Å². The number of nitrogens with one attached hydrogen (secondary N) is 3. The molecule has 190 valence electrons. The number of carbonyl (C=O) groups is 3. The standard InChI is InChI=1S/C25H28FN5O4S/c1-31-8-7-18-21(12-31)36-24(30-18)23(33)29-19-10-13(25(34)35-2)3-5-17(19)28-22(32)20-11-14-9-15(26)4-6-16(14)27-20/h4,6,9,11,13,17,19,27H,3,5,7-8,10,12H2,1-2H3,(H,28,32)(H,29,33)/t13-,17-,19+/m0/s1. The Morgan fingerprint density at radius 3 is 2.78 bits per heavy atom. The Labute approximate surface area is 211 Å². The second kappa shape index (κ2) is 9.98. The predicted molar refractivity (Wildman–Crippen MR) is 132 cm³/mol. The van der Waals surface area contributed by atoms with Crippen molar-refractivity contribution < 1.29 is 23.5 Å². The Hall–Kier alpha value is -3.31. The van der Waals surface area contributed by atoms with E-state index in [-0.39, 0.29) is 29.5 Å². The number of aromatic nitrogens is 2. The molecule has 1 fully saturated rings. The summed E-state index contributed by atoms with van der Waals surface area (Å²) in [6, 6.07) is 4.99. The van der Waals surface area contributed by atoms with Gasteiger partial charge in [0.15, 0.2) is 5.01 Å². The van der Waals surface area contributed by atoms with Crippen LogP contribution in [0.3, 0.4) is 0 Å². The first-order chi connectivity index (χ1) is 17.3. The van der Waals surface area contributed by atoms with E-state index in [9.17, 15) is 18.8 Å². The number of hydrogen-bond donors (Lipinski definition) is 3. The molecular formula is C25H28FN5O4S. The van der Waals surface area contributed by atoms with Gasteiger partial charge in [0.25, 0.3) is 11.8 Å². The van der Waals surface area contributed by atoms with Gasteiger partial charge in [0.05, 0.1) is 24.8 Å². The zero-order chi connectivity index (χ0) is 25.4. The fraction of sp³-hybridized carbons (Fsp3) is 0.440. The average molecular weight is 514 g/mol. The lowest BCUT2D eigenvalue weighted by molar-refractivity contribution is -0.146. The highest BCUT2D eigenvalue weighted by atomic mass is 32.1. The number of benzene rings is 1. The van der Waals surface area contributed by atoms with Crippen LogP contribution in [0.25, 0.3) is 10.9 Å². The highest BCUT2D eigenvalue weighted by molar-refractivity contribution is 7.13. The molecule has 0 unspecified atom stereocenters. The smallest absolute Gasteiger partial charge is 0.308 e. The molecule has 1 aliphatic carbocycles. The number of fused-ring (bicyclic) bond motifs is 2. The SMILES string of the molecule is COC(=O)[C@H]1CC[C@H](NC(=O)c2cc3cc(F)ccc3[nH]2)[C@H](NC(=O)c2nc3c(s2)CN(C)CC3)C1. The molecule has 2 aromatic heterocycles. The van der Waals surface area contributed by atoms with Crippen LogP contribution in [0.2, 0.25) is 0 Å². The Morgan fingerprint density at radius 2 is 1.97 bits per heavy atom. The van der Waals surface area contributed by atoms with Gasteiger partial charge in [-0.2, -0.15) is 0 Å². The van der Waals surface area contributed by atoms with E-state index in [2.05, 4.69) is 25.5 Å². The first kappa shape index (κ1) is 24.4. The minimum atomic E-state index is -0.482. The molecule has 1 aliphatic heterocycles. The number of nitrogens with zero attached hydrogens (tertiary/aromatic N) is 2. The lowest BCUT2D eigenvalue weighted by Gasteiger charge is -2.35. The van der Waals surface area contributed by atoms with Crippen LogP contribution < -0.4 is 10.6 Å². The number of hydrogen-bond acceptors (Lipinski definition) is 7. The summed E-state index contributed by atoms with van der Waals surface area (Å²) in [5, 5.41) is 7.00. The summed E-state index contributed by atoms with van der Waals surface area (Å²) < 4.78 is 18.5. The van der Waals surface area contributed by atoms with Crippen LogP contribution in [0.1, 0.15) is 50.1 Å². The van der Waals surface area contributed by atoms with Crippen molar-refractivity contribution in [1.82, 2.24) is 25.5 Å². The van der Waals surface area contributed by atoms with Crippen molar-refractivity contribution in [2.75, 3.05) is 20.7 Å². The Bertz CT molecular complexity index is 1320. The third kappa shape index (κ3) is 4.98. The van der Waals surface area contributed by atoms with E-state index in [1.165, 1.54) is 30.6 Å². The van der Waals surface area contributed by atoms with Crippen LogP contribution in [-0.2, 0) is 22.5 Å². The largest absolute Gasteiger partial charge is 0.469 e. The number of thiazole rings is 1. The van der Waals surface area contributed by atoms with E-state index in [0.29, 0.717) is 40.9 Å². The van der Waals surface area contributed by atoms with Crippen molar-refractivity contribution >= 4 is 40.0 Å². The molecule has 0 saturated heterocycles. The van der Waals surface area contributed by atoms with Crippen LogP contribution in [0.15, 0.2) is 24.3 Å². The molecule has 9 nitrogen and oxygen atoms in total. The summed E-state index contributed by atoms with van der Waals surface area (Å²) in [4.78, 5) is 49.3. The summed E-state index contributed by atoms with van der Waals surface area (Å²) in [7, 11) is 3.38. The maximum atomic E-state index is 13.6. The zero-order valence-corrected chi connectivity index (χ0v) is 20.9. The molecule has 1 saturated carbocycles. The number of esters is 1. The quantitative estimate of drug-likeness (QED) is 0.452. The molecule has 0 radical (unpaired) electrons. The molecule has 11 heteroatoms. The van der Waals surface area contributed by atoms with Gasteiger partial charge < -0.3 is 25.3 Å². The predicted octanol–water partition coefficient (Wildman–Crippen LogP) is 2.62. The second-order valence-electron chi connectivity index (χ2n) is 9.48. The first-order valence-electron chi connectivity index (χ1n) is 12.0. The van der Waals surface area contributed by atoms with Gasteiger partial charge in [0.1, 0.15) is 11.5 Å². The average Bonchev–Trinajstić information content (AvgIpc) is 3.48. The van der Waals surface area contributed by atoms with E-state index in [4.69, 9.17) is 4.74 Å². The molecule has 0 bridgehead atoms. The summed E-state index contributed by atoms with van der Waals surface area (Å²) in [5.41, 5.74) is 1.91. The molecule has 3 aromatic rings. The topological polar surface area (TPSA) is 116 Å². The molecule has 2 aliphatic rings. The fourth-order valence-electron chi connectivity index (χ4n) is 5.01. The number of methoxy groups -OCH3 is 1. The molecule has 36 heavy (non-hydrogen) atoms. The van der Waals surface area contributed by atoms with Gasteiger partial charge >= 0.3 is 5.97 Å². The Kier molecular flexibility index (Phi) is 6.76. The number of H-pyrrole nitrogens is 1. The minimum absolute atomic E-state index is 0.299. The normalized spacial score (nSPS) is 22.1. The molecule has 5 rings (SSSR count). The fourth-order valence-corrected chi connectivity index (χ4v) is 6.10. The van der Waals surface area contributed by atoms with Gasteiger partial charge in [-0.25, -0.2) is 9.37 Å². The summed E-state index contributed by atoms with van der Waals surface area (Å²) in [6.07, 6.45) is 2.16. The monoisotopic (exact) mass is 513 g/mol. The van der Waals surface area contributed by atoms with Crippen molar-refractivity contribution in [1.29, 1.82) is 0 Å². The molecule has 1 aromatic carbocycles. The van der Waals surface area contributed by atoms with Crippen LogP contribution >= 0.6 is 11.3 Å². The Morgan fingerprint density at radius 1 is 1.17 bits per heavy atom. The van der Waals surface area contributed by atoms with Crippen molar-refractivity contribution in [2.24, 2.45) is 5.92 Å². The third-order valence-electron chi connectivity index (χ3n) is 6.96. The highest BCUT2D eigenvalue weighted by Crippen LogP contribution is 2.28. The van der Waals surface area contributed by atoms with E-state index in [1.54, 1.807) is 12.1 Å². The number of ether oxygens (including phenoxy) is 1. The van der Waals surface area contributed by atoms with Crippen LogP contribution in [0.5, 0.6) is 0 Å². The van der Waals surface area contributed by atoms with E-state index >= 15 is 0 Å². The molecule has 3 atom stereocenters. The van der Waals surface area contributed by atoms with E-state index in [1.807, 2.05) is 7.05 Å². The maximum absolute atomic E-state index is 13.6. The number of likely N-dealkylation sites (N-methyl/N-ethyl adjacent to an activating group) is 1. The number of rotatable bonds is 5. The minimum Gasteiger partial charge on any atom is -0.469 e. The highest BCUT2D eigenvalue weighted by Gasteiger charge is 2.37. The lowest BCUT2D eigenvalue weighted by Crippen LogP contribution is -2.55. The van der Waals surface area contributed by atoms with Gasteiger partial charge in [0, 0.05) is 41.3 Å². The van der Waals surface area contributed by atoms with Crippen molar-refractivity contribution in [3.8, 4) is 0 Å². The van der Waals surface area contributed by atoms with Crippen LogP contribution in [0, 0.1) is 11.7 Å². The molecule has 2 amide bonds.